The van der Waals surface area contributed by atoms with Gasteiger partial charge in [-0.05, 0) is 23.7 Å². The van der Waals surface area contributed by atoms with Gasteiger partial charge in [0.15, 0.2) is 0 Å². The van der Waals surface area contributed by atoms with Crippen LogP contribution in [0.1, 0.15) is 19.4 Å². The van der Waals surface area contributed by atoms with Crippen LogP contribution in [-0.4, -0.2) is 21.0 Å². The Hall–Kier alpha value is -0.383. The Labute approximate surface area is 94.2 Å². The van der Waals surface area contributed by atoms with E-state index in [2.05, 4.69) is 24.3 Å². The summed E-state index contributed by atoms with van der Waals surface area (Å²) in [5.74, 6) is -0.179. The van der Waals surface area contributed by atoms with Gasteiger partial charge in [0, 0.05) is 6.54 Å². The van der Waals surface area contributed by atoms with Crippen LogP contribution >= 0.6 is 12.4 Å². The zero-order chi connectivity index (χ0) is 9.84. The number of nitrogens with zero attached hydrogens (tertiary/aromatic N) is 1. The monoisotopic (exact) mass is 230 g/mol. The van der Waals surface area contributed by atoms with Crippen molar-refractivity contribution < 1.29 is 4.39 Å². The van der Waals surface area contributed by atoms with E-state index in [0.29, 0.717) is 12.6 Å². The Kier molecular flexibility index (Phi) is 6.00. The maximum absolute atomic E-state index is 12.8. The molecule has 0 heterocycles. The summed E-state index contributed by atoms with van der Waals surface area (Å²) in [4.78, 5) is 0. The second kappa shape index (κ2) is 6.17. The van der Waals surface area contributed by atoms with E-state index in [1.165, 1.54) is 6.07 Å². The highest BCUT2D eigenvalue weighted by Gasteiger charge is 2.04. The summed E-state index contributed by atoms with van der Waals surface area (Å²) < 4.78 is 14.8. The van der Waals surface area contributed by atoms with Crippen molar-refractivity contribution in [2.75, 3.05) is 0 Å². The Bertz CT molecular complexity index is 281. The minimum absolute atomic E-state index is 0. The lowest BCUT2D eigenvalue weighted by Gasteiger charge is -2.20. The first-order valence-corrected chi connectivity index (χ1v) is 4.76. The van der Waals surface area contributed by atoms with Gasteiger partial charge in [0.1, 0.15) is 16.2 Å². The minimum Gasteiger partial charge on any atom is -0.320 e. The number of rotatable bonds is 3. The normalized spacial score (nSPS) is 10.4. The van der Waals surface area contributed by atoms with Gasteiger partial charge in [-0.15, -0.1) is 12.4 Å². The molecular formula is C10H14ClFNSi. The average molecular weight is 231 g/mol. The third kappa shape index (κ3) is 4.22. The summed E-state index contributed by atoms with van der Waals surface area (Å²) in [5, 5.41) is 0. The number of halogens is 2. The van der Waals surface area contributed by atoms with Crippen LogP contribution in [0.15, 0.2) is 24.3 Å². The van der Waals surface area contributed by atoms with Gasteiger partial charge in [-0.1, -0.05) is 26.0 Å². The molecule has 0 aliphatic carbocycles. The molecule has 0 atom stereocenters. The lowest BCUT2D eigenvalue weighted by atomic mass is 10.2. The molecular weight excluding hydrogens is 217 g/mol. The fourth-order valence-corrected chi connectivity index (χ4v) is 1.20. The molecule has 0 bridgehead atoms. The lowest BCUT2D eigenvalue weighted by Crippen LogP contribution is -2.27. The summed E-state index contributed by atoms with van der Waals surface area (Å²) in [6.07, 6.45) is 0. The molecule has 0 N–H and O–H groups in total. The standard InChI is InChI=1S/C10H13FNSi.ClH/c1-8(2)12(13)7-9-4-3-5-10(11)6-9;/h3-6,8H,7H2,1-2H3;1H. The molecule has 0 aliphatic rings. The highest BCUT2D eigenvalue weighted by Crippen LogP contribution is 2.07. The average Bonchev–Trinajstić information content (AvgIpc) is 2.04. The summed E-state index contributed by atoms with van der Waals surface area (Å²) >= 11 is 0. The third-order valence-corrected chi connectivity index (χ3v) is 2.54. The van der Waals surface area contributed by atoms with Crippen LogP contribution in [-0.2, 0) is 6.54 Å². The van der Waals surface area contributed by atoms with Crippen molar-refractivity contribution in [3.63, 3.8) is 0 Å². The van der Waals surface area contributed by atoms with E-state index in [0.717, 1.165) is 5.56 Å². The Morgan fingerprint density at radius 3 is 2.57 bits per heavy atom. The van der Waals surface area contributed by atoms with Crippen LogP contribution < -0.4 is 0 Å². The van der Waals surface area contributed by atoms with E-state index >= 15 is 0 Å². The first-order chi connectivity index (χ1) is 6.09. The van der Waals surface area contributed by atoms with Gasteiger partial charge in [0.05, 0.1) is 0 Å². The molecule has 1 rings (SSSR count). The van der Waals surface area contributed by atoms with Crippen molar-refractivity contribution in [2.45, 2.75) is 26.4 Å². The topological polar surface area (TPSA) is 3.24 Å². The van der Waals surface area contributed by atoms with E-state index in [1.807, 2.05) is 10.6 Å². The maximum Gasteiger partial charge on any atom is 0.144 e. The van der Waals surface area contributed by atoms with Crippen molar-refractivity contribution in [3.05, 3.63) is 35.6 Å². The van der Waals surface area contributed by atoms with Gasteiger partial charge in [-0.2, -0.15) is 0 Å². The maximum atomic E-state index is 12.8. The van der Waals surface area contributed by atoms with Gasteiger partial charge < -0.3 is 4.57 Å². The van der Waals surface area contributed by atoms with Crippen LogP contribution in [0.2, 0.25) is 0 Å². The molecule has 0 aromatic heterocycles. The molecule has 0 aliphatic heterocycles. The van der Waals surface area contributed by atoms with E-state index in [1.54, 1.807) is 12.1 Å². The molecule has 0 amide bonds. The Morgan fingerprint density at radius 2 is 2.07 bits per heavy atom. The Morgan fingerprint density at radius 1 is 1.43 bits per heavy atom. The van der Waals surface area contributed by atoms with Gasteiger partial charge in [-0.25, -0.2) is 4.39 Å². The third-order valence-electron chi connectivity index (χ3n) is 1.87. The van der Waals surface area contributed by atoms with Crippen LogP contribution in [0, 0.1) is 5.82 Å². The fraction of sp³-hybridized carbons (Fsp3) is 0.400. The molecule has 3 radical (unpaired) electrons. The van der Waals surface area contributed by atoms with Gasteiger partial charge in [-0.3, -0.25) is 0 Å². The first-order valence-electron chi connectivity index (χ1n) is 4.32. The molecule has 0 unspecified atom stereocenters. The van der Waals surface area contributed by atoms with Crippen molar-refractivity contribution >= 4 is 22.8 Å². The zero-order valence-corrected chi connectivity index (χ0v) is 10.1. The predicted molar refractivity (Wildman–Crippen MR) is 60.1 cm³/mol. The van der Waals surface area contributed by atoms with Gasteiger partial charge in [0.25, 0.3) is 0 Å². The first kappa shape index (κ1) is 13.6. The second-order valence-corrected chi connectivity index (χ2v) is 3.93. The van der Waals surface area contributed by atoms with Crippen LogP contribution in [0.5, 0.6) is 0 Å². The van der Waals surface area contributed by atoms with E-state index in [-0.39, 0.29) is 18.2 Å². The smallest absolute Gasteiger partial charge is 0.144 e. The molecule has 0 fully saturated rings. The highest BCUT2D eigenvalue weighted by molar-refractivity contribution is 6.04. The van der Waals surface area contributed by atoms with Crippen molar-refractivity contribution in [2.24, 2.45) is 0 Å². The molecule has 14 heavy (non-hydrogen) atoms. The van der Waals surface area contributed by atoms with Crippen molar-refractivity contribution in [3.8, 4) is 0 Å². The molecule has 1 aromatic carbocycles. The Balaban J connectivity index is 0.00000169. The zero-order valence-electron chi connectivity index (χ0n) is 8.33. The predicted octanol–water partition coefficient (Wildman–Crippen LogP) is 2.54. The molecule has 1 nitrogen and oxygen atoms in total. The number of benzene rings is 1. The molecule has 77 valence electrons. The van der Waals surface area contributed by atoms with Gasteiger partial charge in [0.2, 0.25) is 0 Å². The summed E-state index contributed by atoms with van der Waals surface area (Å²) in [5.41, 5.74) is 0.976. The minimum atomic E-state index is -0.179. The molecule has 0 spiro atoms. The van der Waals surface area contributed by atoms with E-state index < -0.39 is 0 Å². The van der Waals surface area contributed by atoms with Crippen LogP contribution in [0.3, 0.4) is 0 Å². The quantitative estimate of drug-likeness (QED) is 0.722. The van der Waals surface area contributed by atoms with Crippen molar-refractivity contribution in [1.29, 1.82) is 0 Å². The van der Waals surface area contributed by atoms with Crippen molar-refractivity contribution in [1.82, 2.24) is 4.57 Å². The fourth-order valence-electron chi connectivity index (χ4n) is 1.01. The van der Waals surface area contributed by atoms with E-state index in [9.17, 15) is 4.39 Å². The SMILES string of the molecule is CC(C)N([Si])Cc1cccc(F)c1.Cl. The van der Waals surface area contributed by atoms with Crippen LogP contribution in [0.25, 0.3) is 0 Å². The van der Waals surface area contributed by atoms with E-state index in [4.69, 9.17) is 0 Å². The summed E-state index contributed by atoms with van der Waals surface area (Å²) in [6.45, 7) is 4.87. The summed E-state index contributed by atoms with van der Waals surface area (Å²) in [6, 6.07) is 7.05. The highest BCUT2D eigenvalue weighted by atomic mass is 35.5. The molecule has 1 aromatic rings. The molecule has 4 heteroatoms. The second-order valence-electron chi connectivity index (χ2n) is 3.35. The molecule has 0 saturated heterocycles. The van der Waals surface area contributed by atoms with Crippen LogP contribution in [0.4, 0.5) is 4.39 Å². The summed E-state index contributed by atoms with van der Waals surface area (Å²) in [7, 11) is 3.47. The number of hydrogen-bond donors (Lipinski definition) is 0. The molecule has 0 saturated carbocycles. The number of hydrogen-bond acceptors (Lipinski definition) is 1. The largest absolute Gasteiger partial charge is 0.320 e. The van der Waals surface area contributed by atoms with Gasteiger partial charge >= 0.3 is 0 Å². The lowest BCUT2D eigenvalue weighted by molar-refractivity contribution is 0.373.